The van der Waals surface area contributed by atoms with E-state index in [1.54, 1.807) is 0 Å². The Balaban J connectivity index is 1.42. The number of anilines is 1. The van der Waals surface area contributed by atoms with Crippen LogP contribution in [0.25, 0.3) is 0 Å². The van der Waals surface area contributed by atoms with Crippen molar-refractivity contribution in [1.29, 1.82) is 0 Å². The second kappa shape index (κ2) is 5.56. The Labute approximate surface area is 137 Å². The summed E-state index contributed by atoms with van der Waals surface area (Å²) in [7, 11) is 0. The van der Waals surface area contributed by atoms with E-state index < -0.39 is 0 Å². The van der Waals surface area contributed by atoms with E-state index in [0.717, 1.165) is 29.9 Å². The Morgan fingerprint density at radius 2 is 1.91 bits per heavy atom. The third-order valence-corrected chi connectivity index (χ3v) is 5.82. The third kappa shape index (κ3) is 2.49. The van der Waals surface area contributed by atoms with Gasteiger partial charge in [0.15, 0.2) is 5.13 Å². The molecule has 0 radical (unpaired) electrons. The number of carbonyl (C=O) groups excluding carboxylic acids is 3. The molecule has 0 saturated carbocycles. The van der Waals surface area contributed by atoms with Crippen LogP contribution in [0.4, 0.5) is 5.13 Å². The molecular formula is C16H17N3O3S. The smallest absolute Gasteiger partial charge is 0.246 e. The first-order chi connectivity index (χ1) is 11.1. The minimum Gasteiger partial charge on any atom is -0.300 e. The minimum absolute atomic E-state index is 0.213. The molecule has 2 atom stereocenters. The van der Waals surface area contributed by atoms with E-state index in [1.807, 2.05) is 12.2 Å². The molecule has 0 spiro atoms. The van der Waals surface area contributed by atoms with Crippen LogP contribution in [-0.4, -0.2) is 34.2 Å². The zero-order valence-corrected chi connectivity index (χ0v) is 13.4. The molecule has 1 aliphatic heterocycles. The minimum atomic E-state index is -0.356. The zero-order valence-electron chi connectivity index (χ0n) is 12.6. The second-order valence-corrected chi connectivity index (χ2v) is 7.29. The second-order valence-electron chi connectivity index (χ2n) is 6.21. The summed E-state index contributed by atoms with van der Waals surface area (Å²) in [6.07, 6.45) is 8.15. The van der Waals surface area contributed by atoms with Gasteiger partial charge in [0.2, 0.25) is 17.7 Å². The van der Waals surface area contributed by atoms with Gasteiger partial charge in [0.1, 0.15) is 6.54 Å². The van der Waals surface area contributed by atoms with Gasteiger partial charge in [-0.05, 0) is 32.1 Å². The van der Waals surface area contributed by atoms with Crippen molar-refractivity contribution in [2.45, 2.75) is 32.1 Å². The van der Waals surface area contributed by atoms with E-state index >= 15 is 0 Å². The van der Waals surface area contributed by atoms with Gasteiger partial charge in [-0.25, -0.2) is 4.98 Å². The highest BCUT2D eigenvalue weighted by Gasteiger charge is 2.47. The summed E-state index contributed by atoms with van der Waals surface area (Å²) in [5.41, 5.74) is 1.07. The number of hydrogen-bond donors (Lipinski definition) is 1. The van der Waals surface area contributed by atoms with Crippen LogP contribution in [0.5, 0.6) is 0 Å². The number of hydrogen-bond acceptors (Lipinski definition) is 5. The number of amides is 3. The van der Waals surface area contributed by atoms with Crippen molar-refractivity contribution < 1.29 is 14.4 Å². The maximum Gasteiger partial charge on any atom is 0.246 e. The van der Waals surface area contributed by atoms with Gasteiger partial charge in [-0.2, -0.15) is 0 Å². The molecule has 1 saturated heterocycles. The fourth-order valence-corrected chi connectivity index (χ4v) is 4.64. The Morgan fingerprint density at radius 1 is 1.22 bits per heavy atom. The van der Waals surface area contributed by atoms with Crippen LogP contribution in [0.15, 0.2) is 12.2 Å². The van der Waals surface area contributed by atoms with E-state index in [4.69, 9.17) is 0 Å². The highest BCUT2D eigenvalue weighted by Crippen LogP contribution is 2.35. The van der Waals surface area contributed by atoms with Crippen LogP contribution >= 0.6 is 11.3 Å². The summed E-state index contributed by atoms with van der Waals surface area (Å²) in [5, 5.41) is 3.29. The molecule has 120 valence electrons. The monoisotopic (exact) mass is 331 g/mol. The van der Waals surface area contributed by atoms with Gasteiger partial charge >= 0.3 is 0 Å². The van der Waals surface area contributed by atoms with Crippen LogP contribution < -0.4 is 5.32 Å². The fourth-order valence-electron chi connectivity index (χ4n) is 3.57. The molecule has 7 heteroatoms. The number of likely N-dealkylation sites (tertiary alicyclic amines) is 1. The molecule has 0 bridgehead atoms. The van der Waals surface area contributed by atoms with Crippen molar-refractivity contribution in [2.75, 3.05) is 11.9 Å². The molecule has 3 amide bonds. The Bertz CT molecular complexity index is 677. The van der Waals surface area contributed by atoms with E-state index in [2.05, 4.69) is 10.3 Å². The maximum atomic E-state index is 12.3. The number of fused-ring (bicyclic) bond motifs is 2. The Morgan fingerprint density at radius 3 is 2.57 bits per heavy atom. The van der Waals surface area contributed by atoms with Gasteiger partial charge in [0.25, 0.3) is 0 Å². The topological polar surface area (TPSA) is 79.4 Å². The zero-order chi connectivity index (χ0) is 16.0. The van der Waals surface area contributed by atoms with Crippen LogP contribution in [0, 0.1) is 11.8 Å². The van der Waals surface area contributed by atoms with Gasteiger partial charge in [0.05, 0.1) is 17.5 Å². The summed E-state index contributed by atoms with van der Waals surface area (Å²) >= 11 is 1.49. The molecule has 0 aromatic carbocycles. The third-order valence-electron chi connectivity index (χ3n) is 4.74. The van der Waals surface area contributed by atoms with Gasteiger partial charge in [0, 0.05) is 4.88 Å². The largest absolute Gasteiger partial charge is 0.300 e. The number of allylic oxidation sites excluding steroid dienone is 2. The molecule has 23 heavy (non-hydrogen) atoms. The number of aryl methyl sites for hydroxylation is 2. The lowest BCUT2D eigenvalue weighted by molar-refractivity contribution is -0.142. The SMILES string of the molecule is O=C(CN1C(=O)C2CC=CCC2C1=O)Nc1nc2c(s1)CCC2. The lowest BCUT2D eigenvalue weighted by Crippen LogP contribution is -2.38. The summed E-state index contributed by atoms with van der Waals surface area (Å²) in [6.45, 7) is -0.213. The van der Waals surface area contributed by atoms with Crippen LogP contribution in [0.1, 0.15) is 29.8 Å². The molecule has 4 rings (SSSR count). The summed E-state index contributed by atoms with van der Waals surface area (Å²) in [5.74, 6) is -1.37. The van der Waals surface area contributed by atoms with E-state index in [9.17, 15) is 14.4 Å². The van der Waals surface area contributed by atoms with Crippen molar-refractivity contribution in [3.05, 3.63) is 22.7 Å². The lowest BCUT2D eigenvalue weighted by Gasteiger charge is -2.14. The Kier molecular flexibility index (Phi) is 3.52. The van der Waals surface area contributed by atoms with Crippen LogP contribution in [0.2, 0.25) is 0 Å². The average Bonchev–Trinajstić information content (AvgIpc) is 3.17. The molecule has 1 aromatic heterocycles. The number of rotatable bonds is 3. The summed E-state index contributed by atoms with van der Waals surface area (Å²) in [4.78, 5) is 43.6. The average molecular weight is 331 g/mol. The van der Waals surface area contributed by atoms with Gasteiger partial charge < -0.3 is 5.32 Å². The number of aromatic nitrogens is 1. The van der Waals surface area contributed by atoms with Crippen molar-refractivity contribution in [3.8, 4) is 0 Å². The van der Waals surface area contributed by atoms with Crippen LogP contribution in [-0.2, 0) is 27.2 Å². The molecule has 6 nitrogen and oxygen atoms in total. The van der Waals surface area contributed by atoms with E-state index in [-0.39, 0.29) is 36.1 Å². The summed E-state index contributed by atoms with van der Waals surface area (Å²) < 4.78 is 0. The van der Waals surface area contributed by atoms with E-state index in [0.29, 0.717) is 18.0 Å². The molecule has 3 aliphatic rings. The molecular weight excluding hydrogens is 314 g/mol. The van der Waals surface area contributed by atoms with Gasteiger partial charge in [-0.1, -0.05) is 12.2 Å². The molecule has 1 fully saturated rings. The number of carbonyl (C=O) groups is 3. The number of imide groups is 1. The predicted molar refractivity (Wildman–Crippen MR) is 84.8 cm³/mol. The first kappa shape index (κ1) is 14.6. The molecule has 1 aromatic rings. The highest BCUT2D eigenvalue weighted by atomic mass is 32.1. The number of nitrogens with one attached hydrogen (secondary N) is 1. The van der Waals surface area contributed by atoms with Gasteiger partial charge in [-0.15, -0.1) is 11.3 Å². The predicted octanol–water partition coefficient (Wildman–Crippen LogP) is 1.52. The first-order valence-corrected chi connectivity index (χ1v) is 8.74. The first-order valence-electron chi connectivity index (χ1n) is 7.92. The normalized spacial score (nSPS) is 25.7. The summed E-state index contributed by atoms with van der Waals surface area (Å²) in [6, 6.07) is 0. The Hall–Kier alpha value is -2.02. The molecule has 1 N–H and O–H groups in total. The fraction of sp³-hybridized carbons (Fsp3) is 0.500. The maximum absolute atomic E-state index is 12.3. The lowest BCUT2D eigenvalue weighted by atomic mass is 9.85. The number of nitrogens with zero attached hydrogens (tertiary/aromatic N) is 2. The quantitative estimate of drug-likeness (QED) is 0.673. The highest BCUT2D eigenvalue weighted by molar-refractivity contribution is 7.15. The van der Waals surface area contributed by atoms with Crippen molar-refractivity contribution >= 4 is 34.2 Å². The molecule has 2 aliphatic carbocycles. The molecule has 2 heterocycles. The van der Waals surface area contributed by atoms with E-state index in [1.165, 1.54) is 16.2 Å². The number of thiazole rings is 1. The van der Waals surface area contributed by atoms with Crippen LogP contribution in [0.3, 0.4) is 0 Å². The van der Waals surface area contributed by atoms with Crippen molar-refractivity contribution in [1.82, 2.24) is 9.88 Å². The van der Waals surface area contributed by atoms with Crippen molar-refractivity contribution in [3.63, 3.8) is 0 Å². The van der Waals surface area contributed by atoms with Gasteiger partial charge in [-0.3, -0.25) is 19.3 Å². The standard InChI is InChI=1S/C16H17N3O3S/c20-13(18-16-17-11-6-3-7-12(11)23-16)8-19-14(21)9-4-1-2-5-10(9)15(19)22/h1-2,9-10H,3-8H2,(H,17,18,20). The molecule has 2 unspecified atom stereocenters. The van der Waals surface area contributed by atoms with Crippen molar-refractivity contribution in [2.24, 2.45) is 11.8 Å².